The Morgan fingerprint density at radius 2 is 1.52 bits per heavy atom. The first kappa shape index (κ1) is 20.3. The van der Waals surface area contributed by atoms with Gasteiger partial charge in [-0.15, -0.1) is 0 Å². The van der Waals surface area contributed by atoms with Gasteiger partial charge >= 0.3 is 0 Å². The average Bonchev–Trinajstić information content (AvgIpc) is 3.05. The van der Waals surface area contributed by atoms with Gasteiger partial charge in [0.25, 0.3) is 17.7 Å². The number of amides is 3. The molecule has 0 unspecified atom stereocenters. The van der Waals surface area contributed by atoms with Crippen LogP contribution in [-0.4, -0.2) is 36.3 Å². The SMILES string of the molecule is CCOc1ccc(CN2C(=O)c3ccccc3C2=O)cc1C(=O)N(C)c1ccccc1. The summed E-state index contributed by atoms with van der Waals surface area (Å²) in [5, 5.41) is 0. The van der Waals surface area contributed by atoms with E-state index >= 15 is 0 Å². The van der Waals surface area contributed by atoms with Gasteiger partial charge in [0.05, 0.1) is 29.8 Å². The fraction of sp³-hybridized carbons (Fsp3) is 0.160. The number of hydrogen-bond acceptors (Lipinski definition) is 4. The van der Waals surface area contributed by atoms with Crippen molar-refractivity contribution in [1.29, 1.82) is 0 Å². The topological polar surface area (TPSA) is 66.9 Å². The normalized spacial score (nSPS) is 12.6. The lowest BCUT2D eigenvalue weighted by Gasteiger charge is -2.20. The van der Waals surface area contributed by atoms with E-state index in [2.05, 4.69) is 0 Å². The van der Waals surface area contributed by atoms with Gasteiger partial charge in [-0.1, -0.05) is 36.4 Å². The molecule has 0 aliphatic carbocycles. The van der Waals surface area contributed by atoms with E-state index < -0.39 is 0 Å². The minimum atomic E-state index is -0.330. The molecule has 0 fully saturated rings. The molecular weight excluding hydrogens is 392 g/mol. The molecule has 0 saturated heterocycles. The summed E-state index contributed by atoms with van der Waals surface area (Å²) in [4.78, 5) is 41.4. The lowest BCUT2D eigenvalue weighted by molar-refractivity contribution is 0.0642. The van der Waals surface area contributed by atoms with Gasteiger partial charge in [0.1, 0.15) is 5.75 Å². The number of carbonyl (C=O) groups is 3. The molecule has 0 atom stereocenters. The van der Waals surface area contributed by atoms with E-state index in [4.69, 9.17) is 4.74 Å². The molecule has 3 aromatic rings. The Kier molecular flexibility index (Phi) is 5.54. The fourth-order valence-corrected chi connectivity index (χ4v) is 3.64. The highest BCUT2D eigenvalue weighted by Crippen LogP contribution is 2.28. The molecule has 0 N–H and O–H groups in total. The number of benzene rings is 3. The predicted molar refractivity (Wildman–Crippen MR) is 117 cm³/mol. The molecule has 6 heteroatoms. The third-order valence-electron chi connectivity index (χ3n) is 5.24. The van der Waals surface area contributed by atoms with Crippen LogP contribution in [0.2, 0.25) is 0 Å². The first-order valence-corrected chi connectivity index (χ1v) is 10.0. The molecule has 0 spiro atoms. The zero-order chi connectivity index (χ0) is 22.0. The van der Waals surface area contributed by atoms with Crippen molar-refractivity contribution < 1.29 is 19.1 Å². The third-order valence-corrected chi connectivity index (χ3v) is 5.24. The van der Waals surface area contributed by atoms with E-state index in [1.165, 1.54) is 4.90 Å². The molecule has 0 bridgehead atoms. The smallest absolute Gasteiger partial charge is 0.261 e. The second-order valence-corrected chi connectivity index (χ2v) is 7.21. The average molecular weight is 414 g/mol. The second-order valence-electron chi connectivity index (χ2n) is 7.21. The zero-order valence-corrected chi connectivity index (χ0v) is 17.4. The van der Waals surface area contributed by atoms with Gasteiger partial charge < -0.3 is 9.64 Å². The Morgan fingerprint density at radius 1 is 0.903 bits per heavy atom. The maximum Gasteiger partial charge on any atom is 0.261 e. The second kappa shape index (κ2) is 8.44. The van der Waals surface area contributed by atoms with Crippen LogP contribution in [0.15, 0.2) is 72.8 Å². The van der Waals surface area contributed by atoms with Crippen LogP contribution in [0.4, 0.5) is 5.69 Å². The van der Waals surface area contributed by atoms with E-state index in [1.807, 2.05) is 37.3 Å². The van der Waals surface area contributed by atoms with E-state index in [0.717, 1.165) is 5.69 Å². The van der Waals surface area contributed by atoms with Crippen LogP contribution in [0.5, 0.6) is 5.75 Å². The van der Waals surface area contributed by atoms with E-state index in [-0.39, 0.29) is 24.3 Å². The number of para-hydroxylation sites is 1. The summed E-state index contributed by atoms with van der Waals surface area (Å²) < 4.78 is 5.67. The van der Waals surface area contributed by atoms with Crippen molar-refractivity contribution in [1.82, 2.24) is 4.90 Å². The highest BCUT2D eigenvalue weighted by Gasteiger charge is 2.35. The molecule has 3 amide bonds. The molecular formula is C25H22N2O4. The molecule has 6 nitrogen and oxygen atoms in total. The number of ether oxygens (including phenoxy) is 1. The summed E-state index contributed by atoms with van der Waals surface area (Å²) in [5.74, 6) is -0.437. The summed E-state index contributed by atoms with van der Waals surface area (Å²) in [6.45, 7) is 2.34. The Balaban J connectivity index is 1.64. The lowest BCUT2D eigenvalue weighted by atomic mass is 10.1. The Morgan fingerprint density at radius 3 is 2.13 bits per heavy atom. The van der Waals surface area contributed by atoms with Gasteiger partial charge in [-0.2, -0.15) is 0 Å². The fourth-order valence-electron chi connectivity index (χ4n) is 3.64. The first-order valence-electron chi connectivity index (χ1n) is 10.0. The summed E-state index contributed by atoms with van der Waals surface area (Å²) >= 11 is 0. The quantitative estimate of drug-likeness (QED) is 0.568. The summed E-state index contributed by atoms with van der Waals surface area (Å²) in [6, 6.07) is 21.3. The Bertz CT molecular complexity index is 1120. The van der Waals surface area contributed by atoms with Crippen LogP contribution in [0.1, 0.15) is 43.6 Å². The predicted octanol–water partition coefficient (Wildman–Crippen LogP) is 4.16. The van der Waals surface area contributed by atoms with Crippen molar-refractivity contribution >= 4 is 23.4 Å². The van der Waals surface area contributed by atoms with Gasteiger partial charge in [-0.25, -0.2) is 0 Å². The molecule has 0 radical (unpaired) electrons. The summed E-state index contributed by atoms with van der Waals surface area (Å²) in [6.07, 6.45) is 0. The van der Waals surface area contributed by atoms with E-state index in [1.54, 1.807) is 54.4 Å². The number of fused-ring (bicyclic) bond motifs is 1. The molecule has 0 aromatic heterocycles. The minimum absolute atomic E-state index is 0.0775. The number of imide groups is 1. The van der Waals surface area contributed by atoms with Gasteiger partial charge in [0.2, 0.25) is 0 Å². The van der Waals surface area contributed by atoms with Crippen LogP contribution in [0, 0.1) is 0 Å². The van der Waals surface area contributed by atoms with Gasteiger partial charge in [-0.05, 0) is 48.9 Å². The van der Waals surface area contributed by atoms with E-state index in [0.29, 0.717) is 34.6 Å². The minimum Gasteiger partial charge on any atom is -0.493 e. The highest BCUT2D eigenvalue weighted by atomic mass is 16.5. The third kappa shape index (κ3) is 3.80. The van der Waals surface area contributed by atoms with Crippen LogP contribution in [0.3, 0.4) is 0 Å². The standard InChI is InChI=1S/C25H22N2O4/c1-3-31-22-14-13-17(15-21(22)23(28)26(2)18-9-5-4-6-10-18)16-27-24(29)19-11-7-8-12-20(19)25(27)30/h4-15H,3,16H2,1-2H3. The largest absolute Gasteiger partial charge is 0.493 e. The van der Waals surface area contributed by atoms with Crippen LogP contribution in [-0.2, 0) is 6.54 Å². The van der Waals surface area contributed by atoms with Crippen molar-refractivity contribution in [3.05, 3.63) is 95.1 Å². The van der Waals surface area contributed by atoms with E-state index in [9.17, 15) is 14.4 Å². The number of anilines is 1. The van der Waals surface area contributed by atoms with Gasteiger partial charge in [0.15, 0.2) is 0 Å². The van der Waals surface area contributed by atoms with Crippen LogP contribution >= 0.6 is 0 Å². The van der Waals surface area contributed by atoms with Crippen molar-refractivity contribution in [2.45, 2.75) is 13.5 Å². The summed E-state index contributed by atoms with van der Waals surface area (Å²) in [5.41, 5.74) is 2.60. The highest BCUT2D eigenvalue weighted by molar-refractivity contribution is 6.21. The van der Waals surface area contributed by atoms with Crippen molar-refractivity contribution in [2.75, 3.05) is 18.6 Å². The number of carbonyl (C=O) groups excluding carboxylic acids is 3. The number of nitrogens with zero attached hydrogens (tertiary/aromatic N) is 2. The first-order chi connectivity index (χ1) is 15.0. The van der Waals surface area contributed by atoms with Crippen molar-refractivity contribution in [3.8, 4) is 5.75 Å². The summed E-state index contributed by atoms with van der Waals surface area (Å²) in [7, 11) is 1.70. The molecule has 3 aromatic carbocycles. The Labute approximate surface area is 180 Å². The maximum atomic E-state index is 13.2. The molecule has 1 aliphatic heterocycles. The molecule has 0 saturated carbocycles. The van der Waals surface area contributed by atoms with Crippen LogP contribution in [0.25, 0.3) is 0 Å². The number of hydrogen-bond donors (Lipinski definition) is 0. The monoisotopic (exact) mass is 414 g/mol. The zero-order valence-electron chi connectivity index (χ0n) is 17.4. The lowest BCUT2D eigenvalue weighted by Crippen LogP contribution is -2.30. The molecule has 4 rings (SSSR count). The van der Waals surface area contributed by atoms with Gasteiger partial charge in [0, 0.05) is 12.7 Å². The number of rotatable bonds is 6. The van der Waals surface area contributed by atoms with Crippen LogP contribution < -0.4 is 9.64 Å². The molecule has 156 valence electrons. The molecule has 1 aliphatic rings. The van der Waals surface area contributed by atoms with Gasteiger partial charge in [-0.3, -0.25) is 19.3 Å². The molecule has 1 heterocycles. The maximum absolute atomic E-state index is 13.2. The molecule has 31 heavy (non-hydrogen) atoms. The van der Waals surface area contributed by atoms with Crippen molar-refractivity contribution in [3.63, 3.8) is 0 Å². The Hall–Kier alpha value is -3.93. The van der Waals surface area contributed by atoms with Crippen molar-refractivity contribution in [2.24, 2.45) is 0 Å².